The fourth-order valence-corrected chi connectivity index (χ4v) is 3.36. The summed E-state index contributed by atoms with van der Waals surface area (Å²) in [6.45, 7) is 11.1. The Labute approximate surface area is 147 Å². The summed E-state index contributed by atoms with van der Waals surface area (Å²) in [6.07, 6.45) is 5.82. The van der Waals surface area contributed by atoms with Crippen LogP contribution in [-0.4, -0.2) is 56.8 Å². The van der Waals surface area contributed by atoms with Crippen LogP contribution in [0.4, 0.5) is 5.82 Å². The minimum Gasteiger partial charge on any atom is -0.354 e. The van der Waals surface area contributed by atoms with Crippen molar-refractivity contribution in [3.63, 3.8) is 0 Å². The Morgan fingerprint density at radius 3 is 2.38 bits per heavy atom. The molecule has 0 atom stereocenters. The van der Waals surface area contributed by atoms with Crippen molar-refractivity contribution in [1.82, 2.24) is 24.8 Å². The average molecular weight is 344 g/mol. The predicted octanol–water partition coefficient (Wildman–Crippen LogP) is 2.32. The molecule has 0 N–H and O–H groups in total. The highest BCUT2D eigenvalue weighted by atomic mass is 32.2. The van der Waals surface area contributed by atoms with Gasteiger partial charge in [-0.05, 0) is 19.6 Å². The van der Waals surface area contributed by atoms with Gasteiger partial charge in [-0.2, -0.15) is 0 Å². The number of piperazine rings is 1. The van der Waals surface area contributed by atoms with E-state index in [9.17, 15) is 0 Å². The van der Waals surface area contributed by atoms with Gasteiger partial charge in [0.05, 0.1) is 0 Å². The van der Waals surface area contributed by atoms with E-state index in [1.807, 2.05) is 25.5 Å². The fourth-order valence-electron chi connectivity index (χ4n) is 2.84. The van der Waals surface area contributed by atoms with Crippen LogP contribution in [0.3, 0.4) is 0 Å². The number of hydrogen-bond acceptors (Lipinski definition) is 7. The van der Waals surface area contributed by atoms with E-state index in [0.29, 0.717) is 0 Å². The Kier molecular flexibility index (Phi) is 5.63. The zero-order valence-electron chi connectivity index (χ0n) is 14.6. The Hall–Kier alpha value is -1.73. The third-order valence-electron chi connectivity index (χ3n) is 4.10. The highest BCUT2D eigenvalue weighted by molar-refractivity contribution is 7.99. The van der Waals surface area contributed by atoms with E-state index in [-0.39, 0.29) is 0 Å². The van der Waals surface area contributed by atoms with Gasteiger partial charge in [0.25, 0.3) is 0 Å². The number of hydrogen-bond donors (Lipinski definition) is 0. The highest BCUT2D eigenvalue weighted by Gasteiger charge is 2.20. The van der Waals surface area contributed by atoms with Crippen LogP contribution >= 0.6 is 11.8 Å². The summed E-state index contributed by atoms with van der Waals surface area (Å²) in [5.74, 6) is 2.91. The number of anilines is 1. The summed E-state index contributed by atoms with van der Waals surface area (Å²) in [5, 5.41) is 0.862. The maximum absolute atomic E-state index is 4.61. The van der Waals surface area contributed by atoms with Crippen molar-refractivity contribution in [3.05, 3.63) is 35.5 Å². The van der Waals surface area contributed by atoms with Crippen LogP contribution in [0.1, 0.15) is 23.9 Å². The molecule has 1 saturated heterocycles. The lowest BCUT2D eigenvalue weighted by molar-refractivity contribution is 0.248. The molecule has 24 heavy (non-hydrogen) atoms. The van der Waals surface area contributed by atoms with Crippen LogP contribution in [0.25, 0.3) is 0 Å². The van der Waals surface area contributed by atoms with Crippen molar-refractivity contribution in [2.24, 2.45) is 0 Å². The van der Waals surface area contributed by atoms with Gasteiger partial charge in [-0.3, -0.25) is 4.90 Å². The van der Waals surface area contributed by atoms with Gasteiger partial charge in [0.2, 0.25) is 0 Å². The molecule has 0 bridgehead atoms. The Morgan fingerprint density at radius 2 is 1.71 bits per heavy atom. The second kappa shape index (κ2) is 7.90. The van der Waals surface area contributed by atoms with E-state index in [1.165, 1.54) is 5.56 Å². The minimum absolute atomic E-state index is 0.834. The lowest BCUT2D eigenvalue weighted by Crippen LogP contribution is -2.46. The largest absolute Gasteiger partial charge is 0.354 e. The second-order valence-corrected chi connectivity index (χ2v) is 7.23. The number of rotatable bonds is 5. The maximum Gasteiger partial charge on any atom is 0.187 e. The van der Waals surface area contributed by atoms with E-state index >= 15 is 0 Å². The summed E-state index contributed by atoms with van der Waals surface area (Å²) in [5.41, 5.74) is 2.32. The van der Waals surface area contributed by atoms with Crippen LogP contribution in [0, 0.1) is 13.8 Å². The number of nitrogens with zero attached hydrogens (tertiary/aromatic N) is 6. The molecule has 0 unspecified atom stereocenters. The molecule has 6 nitrogen and oxygen atoms in total. The molecule has 0 spiro atoms. The zero-order chi connectivity index (χ0) is 16.9. The van der Waals surface area contributed by atoms with Crippen LogP contribution < -0.4 is 4.90 Å². The van der Waals surface area contributed by atoms with Gasteiger partial charge in [-0.15, -0.1) is 0 Å². The summed E-state index contributed by atoms with van der Waals surface area (Å²) < 4.78 is 0. The molecule has 2 aromatic heterocycles. The normalized spacial score (nSPS) is 15.7. The van der Waals surface area contributed by atoms with Crippen LogP contribution in [0.15, 0.2) is 23.7 Å². The molecule has 128 valence electrons. The lowest BCUT2D eigenvalue weighted by atomic mass is 10.2. The predicted molar refractivity (Wildman–Crippen MR) is 97.4 cm³/mol. The summed E-state index contributed by atoms with van der Waals surface area (Å²) in [4.78, 5) is 22.5. The van der Waals surface area contributed by atoms with Gasteiger partial charge < -0.3 is 4.90 Å². The Bertz CT molecular complexity index is 667. The molecule has 1 fully saturated rings. The van der Waals surface area contributed by atoms with Crippen LogP contribution in [0.5, 0.6) is 0 Å². The molecule has 1 aliphatic rings. The molecule has 0 aliphatic carbocycles. The van der Waals surface area contributed by atoms with E-state index in [0.717, 1.165) is 60.8 Å². The first kappa shape index (κ1) is 17.1. The zero-order valence-corrected chi connectivity index (χ0v) is 15.4. The highest BCUT2D eigenvalue weighted by Crippen LogP contribution is 2.19. The van der Waals surface area contributed by atoms with Crippen LogP contribution in [0.2, 0.25) is 0 Å². The van der Waals surface area contributed by atoms with Crippen molar-refractivity contribution in [1.29, 1.82) is 0 Å². The molecule has 0 saturated carbocycles. The molecule has 2 aromatic rings. The third kappa shape index (κ3) is 4.21. The average Bonchev–Trinajstić information content (AvgIpc) is 2.60. The number of aromatic nitrogens is 4. The topological polar surface area (TPSA) is 58.0 Å². The Balaban J connectivity index is 1.56. The van der Waals surface area contributed by atoms with Gasteiger partial charge in [-0.1, -0.05) is 18.7 Å². The molecule has 0 aromatic carbocycles. The molecule has 0 amide bonds. The minimum atomic E-state index is 0.834. The molecule has 1 aliphatic heterocycles. The summed E-state index contributed by atoms with van der Waals surface area (Å²) in [7, 11) is 0. The molecular formula is C17H24N6S. The van der Waals surface area contributed by atoms with Crippen molar-refractivity contribution in [2.75, 3.05) is 36.8 Å². The SMILES string of the molecule is CCSc1ncc(CN2CCN(c3nc(C)ncc3C)CC2)cn1. The maximum atomic E-state index is 4.61. The van der Waals surface area contributed by atoms with Crippen molar-refractivity contribution in [2.45, 2.75) is 32.5 Å². The molecular weight excluding hydrogens is 320 g/mol. The van der Waals surface area contributed by atoms with Gasteiger partial charge in [0, 0.05) is 62.4 Å². The van der Waals surface area contributed by atoms with Crippen molar-refractivity contribution in [3.8, 4) is 0 Å². The van der Waals surface area contributed by atoms with E-state index in [1.54, 1.807) is 11.8 Å². The quantitative estimate of drug-likeness (QED) is 0.609. The molecule has 0 radical (unpaired) electrons. The molecule has 3 rings (SSSR count). The van der Waals surface area contributed by atoms with Crippen molar-refractivity contribution >= 4 is 17.6 Å². The van der Waals surface area contributed by atoms with Gasteiger partial charge in [0.1, 0.15) is 11.6 Å². The van der Waals surface area contributed by atoms with Gasteiger partial charge in [0.15, 0.2) is 5.16 Å². The van der Waals surface area contributed by atoms with E-state index in [2.05, 4.69) is 43.6 Å². The first-order valence-corrected chi connectivity index (χ1v) is 9.35. The smallest absolute Gasteiger partial charge is 0.187 e. The standard InChI is InChI=1S/C17H24N6S/c1-4-24-17-19-10-15(11-20-17)12-22-5-7-23(8-6-22)16-13(2)9-18-14(3)21-16/h9-11H,4-8,12H2,1-3H3. The molecule has 7 heteroatoms. The number of thioether (sulfide) groups is 1. The van der Waals surface area contributed by atoms with Crippen molar-refractivity contribution < 1.29 is 0 Å². The summed E-state index contributed by atoms with van der Waals surface area (Å²) in [6, 6.07) is 0. The second-order valence-electron chi connectivity index (χ2n) is 5.99. The third-order valence-corrected chi connectivity index (χ3v) is 4.86. The van der Waals surface area contributed by atoms with Crippen LogP contribution in [-0.2, 0) is 6.54 Å². The van der Waals surface area contributed by atoms with E-state index < -0.39 is 0 Å². The number of aryl methyl sites for hydroxylation is 2. The Morgan fingerprint density at radius 1 is 1.00 bits per heavy atom. The lowest BCUT2D eigenvalue weighted by Gasteiger charge is -2.36. The monoisotopic (exact) mass is 344 g/mol. The van der Waals surface area contributed by atoms with E-state index in [4.69, 9.17) is 0 Å². The fraction of sp³-hybridized carbons (Fsp3) is 0.529. The van der Waals surface area contributed by atoms with Gasteiger partial charge in [-0.25, -0.2) is 19.9 Å². The van der Waals surface area contributed by atoms with Gasteiger partial charge >= 0.3 is 0 Å². The first-order valence-electron chi connectivity index (χ1n) is 8.37. The molecule has 3 heterocycles. The first-order chi connectivity index (χ1) is 11.7. The summed E-state index contributed by atoms with van der Waals surface area (Å²) >= 11 is 1.68.